The predicted octanol–water partition coefficient (Wildman–Crippen LogP) is 4.02. The summed E-state index contributed by atoms with van der Waals surface area (Å²) in [6.45, 7) is 1.76. The number of hydrogen-bond donors (Lipinski definition) is 3. The normalized spacial score (nSPS) is 20.9. The van der Waals surface area contributed by atoms with Crippen LogP contribution in [0, 0.1) is 5.92 Å². The molecule has 2 aliphatic rings. The Hall–Kier alpha value is -3.31. The number of carbonyl (C=O) groups is 1. The first-order chi connectivity index (χ1) is 17.3. The first-order valence-electron chi connectivity index (χ1n) is 12.4. The molecule has 2 heterocycles. The van der Waals surface area contributed by atoms with E-state index in [2.05, 4.69) is 35.2 Å². The summed E-state index contributed by atoms with van der Waals surface area (Å²) in [5, 5.41) is 6.09. The number of rotatable bonds is 7. The van der Waals surface area contributed by atoms with Crippen molar-refractivity contribution in [3.05, 3.63) is 29.8 Å². The number of nitrogen functional groups attached to an aromatic ring is 1. The fraction of sp³-hybridized carbons (Fsp3) is 0.583. The number of amides is 1. The monoisotopic (exact) mass is 507 g/mol. The molecule has 1 aliphatic carbocycles. The third kappa shape index (κ3) is 7.34. The predicted molar refractivity (Wildman–Crippen MR) is 129 cm³/mol. The quantitative estimate of drug-likeness (QED) is 0.514. The van der Waals surface area contributed by atoms with Crippen LogP contribution in [0.25, 0.3) is 0 Å². The van der Waals surface area contributed by atoms with Gasteiger partial charge in [0, 0.05) is 37.2 Å². The number of alkyl halides is 3. The second kappa shape index (κ2) is 11.6. The highest BCUT2D eigenvalue weighted by Crippen LogP contribution is 2.29. The summed E-state index contributed by atoms with van der Waals surface area (Å²) in [7, 11) is 0. The van der Waals surface area contributed by atoms with Crippen LogP contribution < -0.4 is 26.0 Å². The number of nitrogens with two attached hydrogens (primary N) is 1. The van der Waals surface area contributed by atoms with Gasteiger partial charge in [-0.25, -0.2) is 0 Å². The smallest absolute Gasteiger partial charge is 0.405 e. The second-order valence-electron chi connectivity index (χ2n) is 9.28. The van der Waals surface area contributed by atoms with Gasteiger partial charge >= 0.3 is 6.36 Å². The lowest BCUT2D eigenvalue weighted by molar-refractivity contribution is -0.274. The molecule has 1 amide bonds. The van der Waals surface area contributed by atoms with Gasteiger partial charge in [-0.2, -0.15) is 15.0 Å². The number of para-hydroxylation sites is 1. The topological polar surface area (TPSA) is 118 Å². The van der Waals surface area contributed by atoms with Gasteiger partial charge in [0.15, 0.2) is 0 Å². The molecule has 1 saturated carbocycles. The molecule has 4 N–H and O–H groups in total. The van der Waals surface area contributed by atoms with Crippen molar-refractivity contribution in [3.63, 3.8) is 0 Å². The molecular weight excluding hydrogens is 475 g/mol. The van der Waals surface area contributed by atoms with Crippen LogP contribution in [-0.4, -0.2) is 46.4 Å². The van der Waals surface area contributed by atoms with E-state index in [1.807, 2.05) is 0 Å². The molecule has 4 rings (SSSR count). The summed E-state index contributed by atoms with van der Waals surface area (Å²) in [5.74, 6) is 0.507. The fourth-order valence-electron chi connectivity index (χ4n) is 4.74. The molecule has 0 spiro atoms. The van der Waals surface area contributed by atoms with Crippen LogP contribution in [0.3, 0.4) is 0 Å². The highest BCUT2D eigenvalue weighted by atomic mass is 19.4. The summed E-state index contributed by atoms with van der Waals surface area (Å²) >= 11 is 0. The summed E-state index contributed by atoms with van der Waals surface area (Å²) < 4.78 is 41.9. The zero-order valence-electron chi connectivity index (χ0n) is 20.1. The van der Waals surface area contributed by atoms with E-state index in [4.69, 9.17) is 5.73 Å². The van der Waals surface area contributed by atoms with Gasteiger partial charge < -0.3 is 26.0 Å². The summed E-state index contributed by atoms with van der Waals surface area (Å²) in [6, 6.07) is 5.89. The van der Waals surface area contributed by atoms with Crippen LogP contribution in [0.1, 0.15) is 56.9 Å². The molecule has 2 aromatic rings. The van der Waals surface area contributed by atoms with E-state index in [9.17, 15) is 18.0 Å². The maximum absolute atomic E-state index is 12.7. The Bertz CT molecular complexity index is 1020. The van der Waals surface area contributed by atoms with Gasteiger partial charge in [-0.05, 0) is 44.6 Å². The van der Waals surface area contributed by atoms with Gasteiger partial charge in [0.25, 0.3) is 0 Å². The summed E-state index contributed by atoms with van der Waals surface area (Å²) in [6.07, 6.45) is 2.56. The van der Waals surface area contributed by atoms with Crippen molar-refractivity contribution in [1.82, 2.24) is 20.3 Å². The fourth-order valence-corrected chi connectivity index (χ4v) is 4.74. The van der Waals surface area contributed by atoms with Gasteiger partial charge in [0.2, 0.25) is 23.8 Å². The summed E-state index contributed by atoms with van der Waals surface area (Å²) in [4.78, 5) is 28.0. The minimum Gasteiger partial charge on any atom is -0.405 e. The molecule has 1 aromatic heterocycles. The van der Waals surface area contributed by atoms with Crippen LogP contribution in [0.4, 0.5) is 31.0 Å². The largest absolute Gasteiger partial charge is 0.573 e. The number of benzene rings is 1. The van der Waals surface area contributed by atoms with Gasteiger partial charge in [-0.1, -0.05) is 31.0 Å². The first-order valence-corrected chi connectivity index (χ1v) is 12.4. The van der Waals surface area contributed by atoms with E-state index in [-0.39, 0.29) is 41.7 Å². The third-order valence-corrected chi connectivity index (χ3v) is 6.61. The number of nitrogens with one attached hydrogen (secondary N) is 2. The van der Waals surface area contributed by atoms with Crippen molar-refractivity contribution in [2.75, 3.05) is 29.0 Å². The highest BCUT2D eigenvalue weighted by Gasteiger charge is 2.32. The highest BCUT2D eigenvalue weighted by molar-refractivity contribution is 5.78. The van der Waals surface area contributed by atoms with Crippen molar-refractivity contribution in [2.45, 2.75) is 70.3 Å². The van der Waals surface area contributed by atoms with Gasteiger partial charge in [-0.3, -0.25) is 4.79 Å². The number of hydrogen-bond acceptors (Lipinski definition) is 8. The van der Waals surface area contributed by atoms with Gasteiger partial charge in [0.05, 0.1) is 0 Å². The van der Waals surface area contributed by atoms with Crippen molar-refractivity contribution in [3.8, 4) is 5.75 Å². The van der Waals surface area contributed by atoms with Crippen LogP contribution in [0.2, 0.25) is 0 Å². The lowest BCUT2D eigenvalue weighted by atomic mass is 9.85. The zero-order valence-corrected chi connectivity index (χ0v) is 20.1. The Labute approximate surface area is 208 Å². The lowest BCUT2D eigenvalue weighted by Crippen LogP contribution is -2.36. The molecule has 196 valence electrons. The van der Waals surface area contributed by atoms with E-state index in [1.54, 1.807) is 6.07 Å². The van der Waals surface area contributed by atoms with E-state index in [0.717, 1.165) is 38.8 Å². The second-order valence-corrected chi connectivity index (χ2v) is 9.28. The molecule has 1 saturated heterocycles. The molecule has 0 radical (unpaired) electrons. The van der Waals surface area contributed by atoms with Crippen LogP contribution in [-0.2, 0) is 11.3 Å². The maximum Gasteiger partial charge on any atom is 0.573 e. The number of nitrogens with zero attached hydrogens (tertiary/aromatic N) is 4. The molecule has 12 heteroatoms. The molecule has 0 atom stereocenters. The number of ether oxygens (including phenoxy) is 1. The van der Waals surface area contributed by atoms with Crippen LogP contribution >= 0.6 is 0 Å². The van der Waals surface area contributed by atoms with Crippen molar-refractivity contribution >= 4 is 23.8 Å². The van der Waals surface area contributed by atoms with Crippen LogP contribution in [0.15, 0.2) is 24.3 Å². The third-order valence-electron chi connectivity index (χ3n) is 6.61. The number of halogens is 3. The molecule has 9 nitrogen and oxygen atoms in total. The Morgan fingerprint density at radius 1 is 1.03 bits per heavy atom. The molecule has 2 fully saturated rings. The molecule has 0 bridgehead atoms. The Balaban J connectivity index is 1.28. The molecule has 36 heavy (non-hydrogen) atoms. The minimum absolute atomic E-state index is 0.0350. The van der Waals surface area contributed by atoms with Crippen LogP contribution in [0.5, 0.6) is 5.75 Å². The van der Waals surface area contributed by atoms with E-state index in [0.29, 0.717) is 24.7 Å². The molecule has 0 unspecified atom stereocenters. The van der Waals surface area contributed by atoms with E-state index >= 15 is 0 Å². The van der Waals surface area contributed by atoms with E-state index in [1.165, 1.54) is 31.0 Å². The molecular formula is C24H32F3N7O2. The average Bonchev–Trinajstić information content (AvgIpc) is 3.12. The SMILES string of the molecule is Nc1nc(NC2CCC(C(=O)NCc3ccccc3OC(F)(F)F)CC2)nc(N2CCCCCC2)n1. The molecule has 1 aromatic carbocycles. The average molecular weight is 508 g/mol. The van der Waals surface area contributed by atoms with Gasteiger partial charge in [0.1, 0.15) is 5.75 Å². The molecule has 1 aliphatic heterocycles. The minimum atomic E-state index is -4.79. The number of anilines is 3. The van der Waals surface area contributed by atoms with Gasteiger partial charge in [-0.15, -0.1) is 13.2 Å². The van der Waals surface area contributed by atoms with Crippen molar-refractivity contribution in [1.29, 1.82) is 0 Å². The summed E-state index contributed by atoms with van der Waals surface area (Å²) in [5.41, 5.74) is 6.21. The van der Waals surface area contributed by atoms with Crippen molar-refractivity contribution in [2.24, 2.45) is 5.92 Å². The van der Waals surface area contributed by atoms with Crippen molar-refractivity contribution < 1.29 is 22.7 Å². The number of carbonyl (C=O) groups excluding carboxylic acids is 1. The standard InChI is InChI=1S/C24H32F3N7O2/c25-24(26,27)36-19-8-4-3-7-17(19)15-29-20(35)16-9-11-18(12-10-16)30-22-31-21(28)32-23(33-22)34-13-5-1-2-6-14-34/h3-4,7-8,16,18H,1-2,5-6,9-15H2,(H,29,35)(H3,28,30,31,32,33). The zero-order chi connectivity index (χ0) is 25.5. The number of aromatic nitrogens is 3. The Morgan fingerprint density at radius 2 is 1.72 bits per heavy atom. The van der Waals surface area contributed by atoms with E-state index < -0.39 is 6.36 Å². The Kier molecular flexibility index (Phi) is 8.32. The maximum atomic E-state index is 12.7. The first kappa shape index (κ1) is 25.8. The Morgan fingerprint density at radius 3 is 2.42 bits per heavy atom. The lowest BCUT2D eigenvalue weighted by Gasteiger charge is -2.29.